The normalized spacial score (nSPS) is 10.3. The smallest absolute Gasteiger partial charge is 0.265 e. The molecular weight excluding hydrogens is 344 g/mol. The third-order valence-electron chi connectivity index (χ3n) is 3.54. The molecule has 0 aliphatic carbocycles. The maximum atomic E-state index is 13.6. The van der Waals surface area contributed by atoms with E-state index in [1.54, 1.807) is 24.3 Å². The first-order chi connectivity index (χ1) is 12.0. The second-order valence-electron chi connectivity index (χ2n) is 5.21. The number of benzene rings is 1. The fourth-order valence-corrected chi connectivity index (χ4v) is 3.24. The molecule has 0 fully saturated rings. The molecule has 0 atom stereocenters. The molecule has 3 rings (SSSR count). The second-order valence-corrected chi connectivity index (χ2v) is 6.29. The standard InChI is InChI=1S/C18H11F2N3OS/c1-10-3-4-11(21-2)7-12(10)15-5-6-16(25-15)18(24)23-17-13(19)8-22-9-14(17)20/h3-9H,1H3,(H,22,23,24). The summed E-state index contributed by atoms with van der Waals surface area (Å²) in [7, 11) is 0. The van der Waals surface area contributed by atoms with Crippen LogP contribution < -0.4 is 5.32 Å². The van der Waals surface area contributed by atoms with E-state index in [0.717, 1.165) is 28.4 Å². The number of carbonyl (C=O) groups excluding carboxylic acids is 1. The Hall–Kier alpha value is -3.11. The Labute approximate surface area is 146 Å². The van der Waals surface area contributed by atoms with Gasteiger partial charge < -0.3 is 5.32 Å². The first-order valence-electron chi connectivity index (χ1n) is 7.18. The molecule has 0 radical (unpaired) electrons. The number of halogens is 2. The van der Waals surface area contributed by atoms with Gasteiger partial charge in [-0.05, 0) is 36.2 Å². The monoisotopic (exact) mass is 355 g/mol. The van der Waals surface area contributed by atoms with Gasteiger partial charge in [0.05, 0.1) is 23.8 Å². The Morgan fingerprint density at radius 1 is 1.20 bits per heavy atom. The van der Waals surface area contributed by atoms with E-state index < -0.39 is 23.2 Å². The van der Waals surface area contributed by atoms with Gasteiger partial charge in [0.25, 0.3) is 5.91 Å². The lowest BCUT2D eigenvalue weighted by Crippen LogP contribution is -2.13. The first-order valence-corrected chi connectivity index (χ1v) is 8.00. The number of amides is 1. The average molecular weight is 355 g/mol. The molecule has 0 unspecified atom stereocenters. The minimum atomic E-state index is -0.939. The largest absolute Gasteiger partial charge is 0.316 e. The number of aryl methyl sites for hydroxylation is 1. The molecule has 25 heavy (non-hydrogen) atoms. The van der Waals surface area contributed by atoms with E-state index >= 15 is 0 Å². The minimum Gasteiger partial charge on any atom is -0.316 e. The van der Waals surface area contributed by atoms with Crippen LogP contribution in [0.4, 0.5) is 20.2 Å². The molecule has 2 aromatic heterocycles. The van der Waals surface area contributed by atoms with E-state index in [9.17, 15) is 13.6 Å². The highest BCUT2D eigenvalue weighted by Gasteiger charge is 2.16. The summed E-state index contributed by atoms with van der Waals surface area (Å²) in [5.41, 5.74) is 1.79. The molecule has 0 bridgehead atoms. The highest BCUT2D eigenvalue weighted by Crippen LogP contribution is 2.33. The van der Waals surface area contributed by atoms with E-state index in [0.29, 0.717) is 10.6 Å². The van der Waals surface area contributed by atoms with Crippen LogP contribution in [-0.2, 0) is 0 Å². The number of pyridine rings is 1. The fourth-order valence-electron chi connectivity index (χ4n) is 2.26. The Kier molecular flexibility index (Phi) is 4.55. The van der Waals surface area contributed by atoms with Crippen LogP contribution in [0.3, 0.4) is 0 Å². The summed E-state index contributed by atoms with van der Waals surface area (Å²) in [5, 5.41) is 2.23. The van der Waals surface area contributed by atoms with Crippen LogP contribution in [0.15, 0.2) is 42.7 Å². The van der Waals surface area contributed by atoms with Crippen molar-refractivity contribution in [3.8, 4) is 10.4 Å². The molecule has 0 saturated heterocycles. The van der Waals surface area contributed by atoms with Crippen LogP contribution in [-0.4, -0.2) is 10.9 Å². The second kappa shape index (κ2) is 6.79. The van der Waals surface area contributed by atoms with Gasteiger partial charge >= 0.3 is 0 Å². The topological polar surface area (TPSA) is 46.4 Å². The number of hydrogen-bond donors (Lipinski definition) is 1. The van der Waals surface area contributed by atoms with Crippen molar-refractivity contribution in [2.24, 2.45) is 0 Å². The lowest BCUT2D eigenvalue weighted by atomic mass is 10.1. The molecule has 4 nitrogen and oxygen atoms in total. The molecular formula is C18H11F2N3OS. The summed E-state index contributed by atoms with van der Waals surface area (Å²) in [6.07, 6.45) is 1.66. The van der Waals surface area contributed by atoms with Crippen LogP contribution >= 0.6 is 11.3 Å². The van der Waals surface area contributed by atoms with E-state index in [2.05, 4.69) is 15.1 Å². The minimum absolute atomic E-state index is 0.304. The van der Waals surface area contributed by atoms with Crippen molar-refractivity contribution in [1.29, 1.82) is 0 Å². The molecule has 1 aromatic carbocycles. The highest BCUT2D eigenvalue weighted by atomic mass is 32.1. The Morgan fingerprint density at radius 3 is 2.60 bits per heavy atom. The van der Waals surface area contributed by atoms with Crippen LogP contribution in [0.5, 0.6) is 0 Å². The zero-order valence-corrected chi connectivity index (χ0v) is 13.8. The molecule has 7 heteroatoms. The van der Waals surface area contributed by atoms with E-state index in [1.165, 1.54) is 11.3 Å². The molecule has 0 aliphatic heterocycles. The summed E-state index contributed by atoms with van der Waals surface area (Å²) in [6, 6.07) is 8.63. The van der Waals surface area contributed by atoms with Gasteiger partial charge in [-0.15, -0.1) is 11.3 Å². The maximum absolute atomic E-state index is 13.6. The summed E-state index contributed by atoms with van der Waals surface area (Å²) in [6.45, 7) is 9.01. The molecule has 124 valence electrons. The van der Waals surface area contributed by atoms with Crippen LogP contribution in [0.2, 0.25) is 0 Å². The summed E-state index contributed by atoms with van der Waals surface area (Å²) in [4.78, 5) is 20.1. The van der Waals surface area contributed by atoms with Crippen molar-refractivity contribution in [2.45, 2.75) is 6.92 Å². The number of nitrogens with one attached hydrogen (secondary N) is 1. The third-order valence-corrected chi connectivity index (χ3v) is 4.65. The molecule has 2 heterocycles. The van der Waals surface area contributed by atoms with E-state index in [4.69, 9.17) is 6.57 Å². The quantitative estimate of drug-likeness (QED) is 0.657. The van der Waals surface area contributed by atoms with Crippen molar-refractivity contribution in [3.63, 3.8) is 0 Å². The van der Waals surface area contributed by atoms with Gasteiger partial charge in [-0.3, -0.25) is 9.78 Å². The third kappa shape index (κ3) is 3.39. The molecule has 0 saturated carbocycles. The number of aromatic nitrogens is 1. The lowest BCUT2D eigenvalue weighted by molar-refractivity contribution is 0.102. The first kappa shape index (κ1) is 16.7. The molecule has 3 aromatic rings. The van der Waals surface area contributed by atoms with Crippen molar-refractivity contribution in [3.05, 3.63) is 76.2 Å². The van der Waals surface area contributed by atoms with Crippen molar-refractivity contribution in [1.82, 2.24) is 4.98 Å². The summed E-state index contributed by atoms with van der Waals surface area (Å²) < 4.78 is 27.2. The number of rotatable bonds is 3. The van der Waals surface area contributed by atoms with E-state index in [-0.39, 0.29) is 0 Å². The summed E-state index contributed by atoms with van der Waals surface area (Å²) in [5.74, 6) is -2.49. The van der Waals surface area contributed by atoms with Gasteiger partial charge in [0.1, 0.15) is 5.69 Å². The van der Waals surface area contributed by atoms with Crippen molar-refractivity contribution >= 4 is 28.6 Å². The Bertz CT molecular complexity index is 988. The van der Waals surface area contributed by atoms with Gasteiger partial charge in [-0.2, -0.15) is 0 Å². The molecule has 1 N–H and O–H groups in total. The summed E-state index contributed by atoms with van der Waals surface area (Å²) >= 11 is 1.18. The molecule has 1 amide bonds. The zero-order chi connectivity index (χ0) is 18.0. The van der Waals surface area contributed by atoms with Crippen molar-refractivity contribution < 1.29 is 13.6 Å². The maximum Gasteiger partial charge on any atom is 0.265 e. The number of carbonyl (C=O) groups is 1. The van der Waals surface area contributed by atoms with Gasteiger partial charge in [0.15, 0.2) is 17.3 Å². The zero-order valence-electron chi connectivity index (χ0n) is 13.0. The molecule has 0 spiro atoms. The van der Waals surface area contributed by atoms with Crippen LogP contribution in [0.1, 0.15) is 15.2 Å². The fraction of sp³-hybridized carbons (Fsp3) is 0.0556. The van der Waals surface area contributed by atoms with Gasteiger partial charge in [0.2, 0.25) is 0 Å². The Morgan fingerprint density at radius 2 is 1.92 bits per heavy atom. The van der Waals surface area contributed by atoms with Crippen molar-refractivity contribution in [2.75, 3.05) is 5.32 Å². The SMILES string of the molecule is [C-]#[N+]c1ccc(C)c(-c2ccc(C(=O)Nc3c(F)cncc3F)s2)c1. The van der Waals surface area contributed by atoms with Crippen LogP contribution in [0, 0.1) is 25.1 Å². The Balaban J connectivity index is 1.89. The van der Waals surface area contributed by atoms with E-state index in [1.807, 2.05) is 13.0 Å². The average Bonchev–Trinajstić information content (AvgIpc) is 3.08. The van der Waals surface area contributed by atoms with Gasteiger partial charge in [-0.25, -0.2) is 13.6 Å². The molecule has 0 aliphatic rings. The predicted octanol–water partition coefficient (Wildman–Crippen LogP) is 5.20. The van der Waals surface area contributed by atoms with Gasteiger partial charge in [-0.1, -0.05) is 12.1 Å². The lowest BCUT2D eigenvalue weighted by Gasteiger charge is -2.06. The number of nitrogens with zero attached hydrogens (tertiary/aromatic N) is 2. The predicted molar refractivity (Wildman–Crippen MR) is 92.9 cm³/mol. The number of thiophene rings is 1. The van der Waals surface area contributed by atoms with Gasteiger partial charge in [0, 0.05) is 4.88 Å². The number of hydrogen-bond acceptors (Lipinski definition) is 3. The highest BCUT2D eigenvalue weighted by molar-refractivity contribution is 7.17. The van der Waals surface area contributed by atoms with Crippen LogP contribution in [0.25, 0.3) is 15.3 Å². The number of anilines is 1.